The Morgan fingerprint density at radius 1 is 1.32 bits per heavy atom. The second kappa shape index (κ2) is 6.46. The Hall–Kier alpha value is -2.57. The molecular formula is C15H19N3O4. The van der Waals surface area contributed by atoms with Crippen molar-refractivity contribution in [2.75, 3.05) is 7.11 Å². The van der Waals surface area contributed by atoms with Gasteiger partial charge >= 0.3 is 5.88 Å². The Labute approximate surface area is 128 Å². The highest BCUT2D eigenvalue weighted by molar-refractivity contribution is 5.65. The number of ether oxygens (including phenoxy) is 2. The molecule has 22 heavy (non-hydrogen) atoms. The van der Waals surface area contributed by atoms with E-state index in [-0.39, 0.29) is 5.88 Å². The number of nitrogens with zero attached hydrogens (tertiary/aromatic N) is 3. The molecule has 1 aromatic carbocycles. The van der Waals surface area contributed by atoms with Crippen LogP contribution >= 0.6 is 0 Å². The van der Waals surface area contributed by atoms with E-state index in [9.17, 15) is 5.11 Å². The SMILES string of the molecule is COc1ccc(C[n+]2cc(/N=C(\[O-])OC(C)(C)C)on2)cc1. The third-order valence-electron chi connectivity index (χ3n) is 2.60. The smallest absolute Gasteiger partial charge is 0.323 e. The van der Waals surface area contributed by atoms with Gasteiger partial charge in [-0.05, 0) is 28.9 Å². The van der Waals surface area contributed by atoms with Crippen molar-refractivity contribution in [3.8, 4) is 5.75 Å². The zero-order chi connectivity index (χ0) is 16.2. The van der Waals surface area contributed by atoms with Crippen LogP contribution in [0.1, 0.15) is 26.3 Å². The van der Waals surface area contributed by atoms with Gasteiger partial charge in [-0.3, -0.25) is 4.52 Å². The molecule has 0 saturated heterocycles. The van der Waals surface area contributed by atoms with Gasteiger partial charge in [-0.1, -0.05) is 20.8 Å². The molecule has 0 atom stereocenters. The van der Waals surface area contributed by atoms with E-state index in [1.165, 1.54) is 6.20 Å². The molecule has 0 fully saturated rings. The standard InChI is InChI=1S/C15H19N3O4/c1-15(2,3)21-14(19)16-13-10-18(17-22-13)9-11-5-7-12(20-4)8-6-11/h5-8,10H,9H2,1-4H3. The first kappa shape index (κ1) is 15.8. The summed E-state index contributed by atoms with van der Waals surface area (Å²) in [5, 5.41) is 15.4. The molecule has 2 aromatic rings. The second-order valence-corrected chi connectivity index (χ2v) is 5.68. The van der Waals surface area contributed by atoms with Crippen molar-refractivity contribution in [3.63, 3.8) is 0 Å². The van der Waals surface area contributed by atoms with E-state index < -0.39 is 11.7 Å². The van der Waals surface area contributed by atoms with Crippen LogP contribution in [-0.2, 0) is 11.3 Å². The Kier molecular flexibility index (Phi) is 4.65. The minimum Gasteiger partial charge on any atom is -0.594 e. The quantitative estimate of drug-likeness (QED) is 0.481. The first-order valence-corrected chi connectivity index (χ1v) is 6.80. The lowest BCUT2D eigenvalue weighted by molar-refractivity contribution is -0.754. The predicted octanol–water partition coefficient (Wildman–Crippen LogP) is 1.18. The second-order valence-electron chi connectivity index (χ2n) is 5.68. The molecule has 0 aliphatic heterocycles. The minimum absolute atomic E-state index is 0.0998. The van der Waals surface area contributed by atoms with E-state index >= 15 is 0 Å². The highest BCUT2D eigenvalue weighted by Crippen LogP contribution is 2.12. The molecule has 0 saturated carbocycles. The molecule has 0 bridgehead atoms. The summed E-state index contributed by atoms with van der Waals surface area (Å²) >= 11 is 0. The lowest BCUT2D eigenvalue weighted by Crippen LogP contribution is -2.35. The summed E-state index contributed by atoms with van der Waals surface area (Å²) in [6, 6.07) is 7.57. The average Bonchev–Trinajstić information content (AvgIpc) is 2.84. The first-order valence-electron chi connectivity index (χ1n) is 6.80. The fourth-order valence-corrected chi connectivity index (χ4v) is 1.69. The molecule has 0 aliphatic carbocycles. The number of aliphatic imine (C=N–C) groups is 1. The number of methoxy groups -OCH3 is 1. The van der Waals surface area contributed by atoms with Gasteiger partial charge in [0, 0.05) is 11.2 Å². The maximum absolute atomic E-state index is 11.6. The van der Waals surface area contributed by atoms with Gasteiger partial charge in [-0.2, -0.15) is 4.99 Å². The van der Waals surface area contributed by atoms with E-state index in [1.54, 1.807) is 32.6 Å². The summed E-state index contributed by atoms with van der Waals surface area (Å²) in [7, 11) is 1.62. The molecule has 0 radical (unpaired) electrons. The molecule has 1 heterocycles. The number of aromatic nitrogens is 2. The van der Waals surface area contributed by atoms with Crippen LogP contribution in [0, 0.1) is 0 Å². The Morgan fingerprint density at radius 2 is 2.00 bits per heavy atom. The number of hydrogen-bond acceptors (Lipinski definition) is 6. The Morgan fingerprint density at radius 3 is 2.59 bits per heavy atom. The summed E-state index contributed by atoms with van der Waals surface area (Å²) < 4.78 is 16.7. The molecule has 7 heteroatoms. The van der Waals surface area contributed by atoms with Gasteiger partial charge in [0.15, 0.2) is 6.08 Å². The average molecular weight is 305 g/mol. The van der Waals surface area contributed by atoms with Crippen molar-refractivity contribution in [1.82, 2.24) is 5.27 Å². The van der Waals surface area contributed by atoms with Crippen LogP contribution < -0.4 is 14.5 Å². The van der Waals surface area contributed by atoms with Gasteiger partial charge in [-0.15, -0.1) is 0 Å². The van der Waals surface area contributed by atoms with E-state index in [0.29, 0.717) is 6.54 Å². The van der Waals surface area contributed by atoms with Crippen LogP contribution in [0.5, 0.6) is 5.75 Å². The zero-order valence-electron chi connectivity index (χ0n) is 13.1. The summed E-state index contributed by atoms with van der Waals surface area (Å²) in [6.07, 6.45) is 0.828. The normalized spacial score (nSPS) is 12.3. The predicted molar refractivity (Wildman–Crippen MR) is 76.7 cm³/mol. The van der Waals surface area contributed by atoms with Gasteiger partial charge in [0.1, 0.15) is 5.75 Å². The van der Waals surface area contributed by atoms with Crippen molar-refractivity contribution in [2.24, 2.45) is 4.99 Å². The van der Waals surface area contributed by atoms with Gasteiger partial charge in [0.05, 0.1) is 7.11 Å². The summed E-state index contributed by atoms with van der Waals surface area (Å²) in [4.78, 5) is 3.70. The highest BCUT2D eigenvalue weighted by atomic mass is 16.6. The molecule has 2 rings (SSSR count). The summed E-state index contributed by atoms with van der Waals surface area (Å²) in [5.41, 5.74) is 0.419. The monoisotopic (exact) mass is 305 g/mol. The van der Waals surface area contributed by atoms with Crippen LogP contribution in [0.4, 0.5) is 5.88 Å². The number of rotatable bonds is 4. The van der Waals surface area contributed by atoms with E-state index in [0.717, 1.165) is 11.3 Å². The number of benzene rings is 1. The maximum atomic E-state index is 11.6. The van der Waals surface area contributed by atoms with Crippen molar-refractivity contribution in [2.45, 2.75) is 32.9 Å². The molecule has 0 aliphatic rings. The molecule has 7 nitrogen and oxygen atoms in total. The van der Waals surface area contributed by atoms with Crippen LogP contribution in [0.25, 0.3) is 0 Å². The molecule has 0 N–H and O–H groups in total. The largest absolute Gasteiger partial charge is 0.594 e. The van der Waals surface area contributed by atoms with Gasteiger partial charge in [-0.25, -0.2) is 0 Å². The van der Waals surface area contributed by atoms with Crippen LogP contribution in [0.3, 0.4) is 0 Å². The molecule has 0 amide bonds. The van der Waals surface area contributed by atoms with Crippen molar-refractivity contribution in [1.29, 1.82) is 0 Å². The van der Waals surface area contributed by atoms with E-state index in [1.807, 2.05) is 24.3 Å². The fourth-order valence-electron chi connectivity index (χ4n) is 1.69. The van der Waals surface area contributed by atoms with Gasteiger partial charge in [0.25, 0.3) is 6.20 Å². The van der Waals surface area contributed by atoms with E-state index in [2.05, 4.69) is 10.3 Å². The van der Waals surface area contributed by atoms with Crippen molar-refractivity contribution >= 4 is 12.0 Å². The van der Waals surface area contributed by atoms with Gasteiger partial charge < -0.3 is 14.6 Å². The zero-order valence-corrected chi connectivity index (χ0v) is 13.1. The lowest BCUT2D eigenvalue weighted by atomic mass is 10.2. The van der Waals surface area contributed by atoms with Crippen molar-refractivity contribution in [3.05, 3.63) is 36.0 Å². The minimum atomic E-state index is -0.708. The Bertz CT molecular complexity index is 642. The lowest BCUT2D eigenvalue weighted by Gasteiger charge is -2.28. The molecular weight excluding hydrogens is 286 g/mol. The third kappa shape index (κ3) is 4.76. The topological polar surface area (TPSA) is 83.8 Å². The highest BCUT2D eigenvalue weighted by Gasteiger charge is 2.12. The Balaban J connectivity index is 2.03. The molecule has 0 spiro atoms. The van der Waals surface area contributed by atoms with Crippen LogP contribution in [-0.4, -0.2) is 24.1 Å². The summed E-state index contributed by atoms with van der Waals surface area (Å²) in [6.45, 7) is 5.80. The van der Waals surface area contributed by atoms with Crippen LogP contribution in [0.15, 0.2) is 40.0 Å². The number of hydrogen-bond donors (Lipinski definition) is 0. The third-order valence-corrected chi connectivity index (χ3v) is 2.60. The van der Waals surface area contributed by atoms with Crippen LogP contribution in [0.2, 0.25) is 0 Å². The van der Waals surface area contributed by atoms with E-state index in [4.69, 9.17) is 14.0 Å². The summed E-state index contributed by atoms with van der Waals surface area (Å²) in [5.74, 6) is 0.886. The maximum Gasteiger partial charge on any atom is 0.323 e. The molecule has 1 aromatic heterocycles. The fraction of sp³-hybridized carbons (Fsp3) is 0.400. The molecule has 0 unspecified atom stereocenters. The molecule has 118 valence electrons. The van der Waals surface area contributed by atoms with Crippen molar-refractivity contribution < 1.29 is 23.8 Å². The first-order chi connectivity index (χ1) is 10.4. The van der Waals surface area contributed by atoms with Gasteiger partial charge in [0.2, 0.25) is 11.8 Å².